The first-order valence-electron chi connectivity index (χ1n) is 10.8. The van der Waals surface area contributed by atoms with Crippen molar-refractivity contribution in [1.82, 2.24) is 9.55 Å². The molecular formula is C26H27N3O. The number of nitrogens with zero attached hydrogens (tertiary/aromatic N) is 3. The summed E-state index contributed by atoms with van der Waals surface area (Å²) >= 11 is 0. The molecule has 1 aliphatic rings. The molecule has 2 heterocycles. The fraction of sp³-hybridized carbons (Fsp3) is 0.308. The van der Waals surface area contributed by atoms with Gasteiger partial charge in [0.05, 0.1) is 16.7 Å². The third-order valence-electron chi connectivity index (χ3n) is 6.16. The highest BCUT2D eigenvalue weighted by atomic mass is 16.2. The Morgan fingerprint density at radius 2 is 1.77 bits per heavy atom. The molecule has 1 aliphatic heterocycles. The molecule has 1 aromatic heterocycles. The van der Waals surface area contributed by atoms with Crippen LogP contribution in [0.2, 0.25) is 0 Å². The van der Waals surface area contributed by atoms with Gasteiger partial charge in [0, 0.05) is 30.8 Å². The molecule has 30 heavy (non-hydrogen) atoms. The van der Waals surface area contributed by atoms with Gasteiger partial charge < -0.3 is 9.47 Å². The number of fused-ring (bicyclic) bond motifs is 2. The zero-order valence-electron chi connectivity index (χ0n) is 17.6. The monoisotopic (exact) mass is 397 g/mol. The van der Waals surface area contributed by atoms with Crippen LogP contribution in [0.15, 0.2) is 66.7 Å². The van der Waals surface area contributed by atoms with Gasteiger partial charge in [0.2, 0.25) is 5.91 Å². The average Bonchev–Trinajstić information content (AvgIpc) is 3.32. The number of para-hydroxylation sites is 2. The maximum absolute atomic E-state index is 13.1. The van der Waals surface area contributed by atoms with Crippen LogP contribution in [0.3, 0.4) is 0 Å². The molecule has 3 aromatic carbocycles. The Morgan fingerprint density at radius 3 is 2.63 bits per heavy atom. The highest BCUT2D eigenvalue weighted by molar-refractivity contribution is 6.05. The topological polar surface area (TPSA) is 38.1 Å². The Kier molecular flexibility index (Phi) is 4.78. The van der Waals surface area contributed by atoms with Gasteiger partial charge in [-0.1, -0.05) is 62.4 Å². The molecule has 0 spiro atoms. The predicted octanol–water partition coefficient (Wildman–Crippen LogP) is 5.76. The van der Waals surface area contributed by atoms with E-state index in [4.69, 9.17) is 4.98 Å². The number of aromatic nitrogens is 2. The lowest BCUT2D eigenvalue weighted by Crippen LogP contribution is -2.24. The van der Waals surface area contributed by atoms with Crippen LogP contribution in [0.25, 0.3) is 21.8 Å². The minimum absolute atomic E-state index is 0.107. The van der Waals surface area contributed by atoms with Crippen LogP contribution >= 0.6 is 0 Å². The van der Waals surface area contributed by atoms with Gasteiger partial charge in [0.1, 0.15) is 5.82 Å². The number of carbonyl (C=O) groups is 1. The SMILES string of the molecule is CC(C)CCn1c(C2CC(=O)N(c3cccc4ccccc34)C2)nc2ccccc21. The first kappa shape index (κ1) is 18.9. The van der Waals surface area contributed by atoms with Crippen molar-refractivity contribution in [3.05, 3.63) is 72.6 Å². The number of benzene rings is 3. The van der Waals surface area contributed by atoms with Crippen molar-refractivity contribution in [2.24, 2.45) is 5.92 Å². The van der Waals surface area contributed by atoms with Gasteiger partial charge in [-0.15, -0.1) is 0 Å². The lowest BCUT2D eigenvalue weighted by molar-refractivity contribution is -0.117. The molecule has 1 unspecified atom stereocenters. The van der Waals surface area contributed by atoms with Gasteiger partial charge >= 0.3 is 0 Å². The molecule has 1 fully saturated rings. The predicted molar refractivity (Wildman–Crippen MR) is 123 cm³/mol. The van der Waals surface area contributed by atoms with Crippen LogP contribution in [-0.2, 0) is 11.3 Å². The van der Waals surface area contributed by atoms with Gasteiger partial charge in [-0.05, 0) is 35.9 Å². The van der Waals surface area contributed by atoms with E-state index in [-0.39, 0.29) is 11.8 Å². The molecule has 1 atom stereocenters. The number of hydrogen-bond acceptors (Lipinski definition) is 2. The van der Waals surface area contributed by atoms with E-state index < -0.39 is 0 Å². The maximum Gasteiger partial charge on any atom is 0.227 e. The van der Waals surface area contributed by atoms with Crippen molar-refractivity contribution in [3.63, 3.8) is 0 Å². The second-order valence-corrected chi connectivity index (χ2v) is 8.70. The Bertz CT molecular complexity index is 1220. The molecule has 1 saturated heterocycles. The highest BCUT2D eigenvalue weighted by Gasteiger charge is 2.35. The Morgan fingerprint density at radius 1 is 1.00 bits per heavy atom. The third kappa shape index (κ3) is 3.26. The number of hydrogen-bond donors (Lipinski definition) is 0. The molecule has 0 saturated carbocycles. The van der Waals surface area contributed by atoms with Gasteiger partial charge in [-0.25, -0.2) is 4.98 Å². The summed E-state index contributed by atoms with van der Waals surface area (Å²) < 4.78 is 2.35. The second kappa shape index (κ2) is 7.60. The summed E-state index contributed by atoms with van der Waals surface area (Å²) in [6.07, 6.45) is 1.61. The summed E-state index contributed by atoms with van der Waals surface area (Å²) in [6.45, 7) is 6.12. The fourth-order valence-electron chi connectivity index (χ4n) is 4.59. The molecule has 1 amide bonds. The number of imidazole rings is 1. The number of carbonyl (C=O) groups excluding carboxylic acids is 1. The molecule has 4 aromatic rings. The van der Waals surface area contributed by atoms with Gasteiger partial charge in [0.25, 0.3) is 0 Å². The number of amides is 1. The van der Waals surface area contributed by atoms with E-state index in [9.17, 15) is 4.79 Å². The normalized spacial score (nSPS) is 17.0. The number of rotatable bonds is 5. The van der Waals surface area contributed by atoms with E-state index >= 15 is 0 Å². The minimum atomic E-state index is 0.107. The van der Waals surface area contributed by atoms with Crippen molar-refractivity contribution in [2.75, 3.05) is 11.4 Å². The molecule has 0 radical (unpaired) electrons. The van der Waals surface area contributed by atoms with E-state index in [2.05, 4.69) is 60.9 Å². The van der Waals surface area contributed by atoms with Gasteiger partial charge in [-0.2, -0.15) is 0 Å². The molecule has 0 bridgehead atoms. The van der Waals surface area contributed by atoms with Crippen LogP contribution in [0, 0.1) is 5.92 Å². The van der Waals surface area contributed by atoms with E-state index in [0.717, 1.165) is 40.8 Å². The number of aryl methyl sites for hydroxylation is 1. The Labute approximate surface area is 177 Å². The first-order chi connectivity index (χ1) is 14.6. The fourth-order valence-corrected chi connectivity index (χ4v) is 4.59. The van der Waals surface area contributed by atoms with Crippen molar-refractivity contribution in [1.29, 1.82) is 0 Å². The molecule has 0 aliphatic carbocycles. The van der Waals surface area contributed by atoms with Crippen molar-refractivity contribution < 1.29 is 4.79 Å². The quantitative estimate of drug-likeness (QED) is 0.430. The van der Waals surface area contributed by atoms with Crippen LogP contribution in [0.5, 0.6) is 0 Å². The van der Waals surface area contributed by atoms with Crippen molar-refractivity contribution in [3.8, 4) is 0 Å². The zero-order chi connectivity index (χ0) is 20.7. The lowest BCUT2D eigenvalue weighted by atomic mass is 10.1. The van der Waals surface area contributed by atoms with Gasteiger partial charge in [0.15, 0.2) is 0 Å². The summed E-state index contributed by atoms with van der Waals surface area (Å²) in [7, 11) is 0. The smallest absolute Gasteiger partial charge is 0.227 e. The number of anilines is 1. The first-order valence-corrected chi connectivity index (χ1v) is 10.8. The molecule has 4 heteroatoms. The zero-order valence-corrected chi connectivity index (χ0v) is 17.6. The average molecular weight is 398 g/mol. The molecule has 0 N–H and O–H groups in total. The largest absolute Gasteiger partial charge is 0.328 e. The van der Waals surface area contributed by atoms with E-state index in [1.165, 1.54) is 5.52 Å². The maximum atomic E-state index is 13.1. The summed E-state index contributed by atoms with van der Waals surface area (Å²) in [5, 5.41) is 2.29. The molecule has 4 nitrogen and oxygen atoms in total. The third-order valence-corrected chi connectivity index (χ3v) is 6.16. The minimum Gasteiger partial charge on any atom is -0.328 e. The Hall–Kier alpha value is -3.14. The van der Waals surface area contributed by atoms with E-state index in [1.807, 2.05) is 29.2 Å². The van der Waals surface area contributed by atoms with Crippen LogP contribution in [0.4, 0.5) is 5.69 Å². The van der Waals surface area contributed by atoms with Gasteiger partial charge in [-0.3, -0.25) is 4.79 Å². The van der Waals surface area contributed by atoms with Crippen LogP contribution in [-0.4, -0.2) is 22.0 Å². The summed E-state index contributed by atoms with van der Waals surface area (Å²) in [5.41, 5.74) is 3.20. The molecular weight excluding hydrogens is 370 g/mol. The lowest BCUT2D eigenvalue weighted by Gasteiger charge is -2.19. The second-order valence-electron chi connectivity index (χ2n) is 8.70. The van der Waals surface area contributed by atoms with Crippen molar-refractivity contribution >= 4 is 33.4 Å². The van der Waals surface area contributed by atoms with E-state index in [1.54, 1.807) is 0 Å². The molecule has 152 valence electrons. The van der Waals surface area contributed by atoms with Crippen molar-refractivity contribution in [2.45, 2.75) is 39.2 Å². The summed E-state index contributed by atoms with van der Waals surface area (Å²) in [6, 6.07) is 22.8. The standard InChI is InChI=1S/C26H27N3O/c1-18(2)14-15-28-24-12-6-5-11-22(24)27-26(28)20-16-25(30)29(17-20)23-13-7-9-19-8-3-4-10-21(19)23/h3-13,18,20H,14-17H2,1-2H3. The molecule has 5 rings (SSSR count). The van der Waals surface area contributed by atoms with Crippen LogP contribution < -0.4 is 4.90 Å². The summed E-state index contributed by atoms with van der Waals surface area (Å²) in [5.74, 6) is 1.96. The highest BCUT2D eigenvalue weighted by Crippen LogP contribution is 2.36. The van der Waals surface area contributed by atoms with Crippen LogP contribution in [0.1, 0.15) is 38.4 Å². The Balaban J connectivity index is 1.53. The van der Waals surface area contributed by atoms with E-state index in [0.29, 0.717) is 18.9 Å². The summed E-state index contributed by atoms with van der Waals surface area (Å²) in [4.78, 5) is 20.0.